The molecule has 0 fully saturated rings. The average molecular weight is 156 g/mol. The molecule has 0 unspecified atom stereocenters. The van der Waals surface area contributed by atoms with E-state index in [1.807, 2.05) is 6.08 Å². The maximum Gasteiger partial charge on any atom is -0.0133 e. The molecule has 0 heterocycles. The summed E-state index contributed by atoms with van der Waals surface area (Å²) in [5.41, 5.74) is 7.06. The fourth-order valence-electron chi connectivity index (χ4n) is 1.80. The fraction of sp³-hybridized carbons (Fsp3) is 0.250. The molecule has 0 atom stereocenters. The second-order valence-corrected chi connectivity index (χ2v) is 3.23. The van der Waals surface area contributed by atoms with Crippen molar-refractivity contribution in [3.05, 3.63) is 47.2 Å². The van der Waals surface area contributed by atoms with E-state index in [0.717, 1.165) is 0 Å². The molecular formula is C12H12. The van der Waals surface area contributed by atoms with E-state index in [1.54, 1.807) is 0 Å². The summed E-state index contributed by atoms with van der Waals surface area (Å²) in [5.74, 6) is 0. The Labute approximate surface area is 73.2 Å². The predicted molar refractivity (Wildman–Crippen MR) is 52.1 cm³/mol. The lowest BCUT2D eigenvalue weighted by Gasteiger charge is -1.98. The van der Waals surface area contributed by atoms with E-state index < -0.39 is 0 Å². The molecule has 0 spiro atoms. The van der Waals surface area contributed by atoms with Crippen molar-refractivity contribution in [2.45, 2.75) is 19.3 Å². The van der Waals surface area contributed by atoms with Crippen molar-refractivity contribution in [2.75, 3.05) is 0 Å². The third-order valence-corrected chi connectivity index (χ3v) is 2.39. The maximum absolute atomic E-state index is 3.57. The molecule has 2 rings (SSSR count). The van der Waals surface area contributed by atoms with Gasteiger partial charge in [-0.3, -0.25) is 0 Å². The molecule has 0 N–H and O–H groups in total. The number of aryl methyl sites for hydroxylation is 2. The molecule has 60 valence electrons. The molecule has 0 bridgehead atoms. The molecule has 1 aromatic rings. The Kier molecular flexibility index (Phi) is 1.85. The summed E-state index contributed by atoms with van der Waals surface area (Å²) < 4.78 is 0. The first-order chi connectivity index (χ1) is 5.90. The smallest absolute Gasteiger partial charge is 0.0133 e. The Morgan fingerprint density at radius 2 is 2.08 bits per heavy atom. The second kappa shape index (κ2) is 3.00. The summed E-state index contributed by atoms with van der Waals surface area (Å²) in [7, 11) is 0. The molecule has 0 amide bonds. The molecule has 1 aromatic carbocycles. The van der Waals surface area contributed by atoms with Crippen molar-refractivity contribution in [3.63, 3.8) is 0 Å². The molecule has 0 heteroatoms. The Morgan fingerprint density at radius 3 is 2.92 bits per heavy atom. The molecule has 0 aliphatic heterocycles. The van der Waals surface area contributed by atoms with Crippen LogP contribution in [0.3, 0.4) is 0 Å². The SMILES string of the molecule is C=C=Cc1ccc2c(c1)CCC2. The first-order valence-electron chi connectivity index (χ1n) is 4.38. The van der Waals surface area contributed by atoms with Crippen LogP contribution in [0.5, 0.6) is 0 Å². The van der Waals surface area contributed by atoms with Crippen LogP contribution in [0.25, 0.3) is 6.08 Å². The van der Waals surface area contributed by atoms with E-state index in [-0.39, 0.29) is 0 Å². The zero-order chi connectivity index (χ0) is 8.39. The van der Waals surface area contributed by atoms with Crippen LogP contribution in [-0.4, -0.2) is 0 Å². The maximum atomic E-state index is 3.57. The van der Waals surface area contributed by atoms with E-state index in [0.29, 0.717) is 0 Å². The zero-order valence-electron chi connectivity index (χ0n) is 7.14. The molecule has 1 aliphatic rings. The van der Waals surface area contributed by atoms with Gasteiger partial charge in [0.15, 0.2) is 0 Å². The highest BCUT2D eigenvalue weighted by atomic mass is 14.1. The van der Waals surface area contributed by atoms with Crippen molar-refractivity contribution < 1.29 is 0 Å². The Hall–Kier alpha value is -1.26. The highest BCUT2D eigenvalue weighted by Gasteiger charge is 2.09. The molecule has 0 saturated heterocycles. The third-order valence-electron chi connectivity index (χ3n) is 2.39. The first-order valence-corrected chi connectivity index (χ1v) is 4.38. The number of hydrogen-bond acceptors (Lipinski definition) is 0. The quantitative estimate of drug-likeness (QED) is 0.548. The van der Waals surface area contributed by atoms with E-state index in [4.69, 9.17) is 0 Å². The van der Waals surface area contributed by atoms with Gasteiger partial charge in [-0.1, -0.05) is 24.8 Å². The van der Waals surface area contributed by atoms with Crippen LogP contribution in [0.2, 0.25) is 0 Å². The van der Waals surface area contributed by atoms with Gasteiger partial charge in [-0.2, -0.15) is 0 Å². The van der Waals surface area contributed by atoms with Gasteiger partial charge in [0.25, 0.3) is 0 Å². The van der Waals surface area contributed by atoms with Crippen LogP contribution >= 0.6 is 0 Å². The summed E-state index contributed by atoms with van der Waals surface area (Å²) in [5, 5.41) is 0. The largest absolute Gasteiger partial charge is 0.128 e. The van der Waals surface area contributed by atoms with Crippen LogP contribution in [0, 0.1) is 0 Å². The summed E-state index contributed by atoms with van der Waals surface area (Å²) in [6, 6.07) is 6.62. The lowest BCUT2D eigenvalue weighted by molar-refractivity contribution is 0.912. The van der Waals surface area contributed by atoms with Crippen LogP contribution < -0.4 is 0 Å². The van der Waals surface area contributed by atoms with Gasteiger partial charge in [-0.05, 0) is 42.0 Å². The van der Waals surface area contributed by atoms with Crippen molar-refractivity contribution in [3.8, 4) is 0 Å². The van der Waals surface area contributed by atoms with Gasteiger partial charge in [-0.25, -0.2) is 0 Å². The van der Waals surface area contributed by atoms with Crippen LogP contribution in [-0.2, 0) is 12.8 Å². The Morgan fingerprint density at radius 1 is 1.25 bits per heavy atom. The van der Waals surface area contributed by atoms with Gasteiger partial charge in [0.05, 0.1) is 0 Å². The number of fused-ring (bicyclic) bond motifs is 1. The van der Waals surface area contributed by atoms with Crippen molar-refractivity contribution >= 4 is 6.08 Å². The summed E-state index contributed by atoms with van der Waals surface area (Å²) in [6.07, 6.45) is 5.75. The monoisotopic (exact) mass is 156 g/mol. The number of benzene rings is 1. The number of rotatable bonds is 1. The summed E-state index contributed by atoms with van der Waals surface area (Å²) in [4.78, 5) is 0. The van der Waals surface area contributed by atoms with Gasteiger partial charge in [0, 0.05) is 0 Å². The van der Waals surface area contributed by atoms with Gasteiger partial charge in [-0.15, -0.1) is 5.73 Å². The normalized spacial score (nSPS) is 13.7. The van der Waals surface area contributed by atoms with Crippen LogP contribution in [0.15, 0.2) is 30.5 Å². The minimum Gasteiger partial charge on any atom is -0.128 e. The van der Waals surface area contributed by atoms with Crippen molar-refractivity contribution in [1.82, 2.24) is 0 Å². The topological polar surface area (TPSA) is 0 Å². The van der Waals surface area contributed by atoms with E-state index in [2.05, 4.69) is 30.5 Å². The standard InChI is InChI=1S/C12H12/c1-2-4-10-7-8-11-5-3-6-12(11)9-10/h4,7-9H,1,3,5-6H2. The van der Waals surface area contributed by atoms with Crippen LogP contribution in [0.4, 0.5) is 0 Å². The highest BCUT2D eigenvalue weighted by Crippen LogP contribution is 2.22. The average Bonchev–Trinajstić information content (AvgIpc) is 2.51. The van der Waals surface area contributed by atoms with Crippen LogP contribution in [0.1, 0.15) is 23.1 Å². The lowest BCUT2D eigenvalue weighted by atomic mass is 10.1. The lowest BCUT2D eigenvalue weighted by Crippen LogP contribution is -1.82. The molecule has 0 radical (unpaired) electrons. The van der Waals surface area contributed by atoms with Gasteiger partial charge in [0.1, 0.15) is 0 Å². The molecule has 1 aliphatic carbocycles. The van der Waals surface area contributed by atoms with E-state index >= 15 is 0 Å². The molecule has 0 aromatic heterocycles. The van der Waals surface area contributed by atoms with Gasteiger partial charge < -0.3 is 0 Å². The molecule has 0 nitrogen and oxygen atoms in total. The Bertz CT molecular complexity index is 341. The second-order valence-electron chi connectivity index (χ2n) is 3.23. The first kappa shape index (κ1) is 7.39. The van der Waals surface area contributed by atoms with Crippen molar-refractivity contribution in [1.29, 1.82) is 0 Å². The minimum atomic E-state index is 1.23. The molecular weight excluding hydrogens is 144 g/mol. The van der Waals surface area contributed by atoms with Gasteiger partial charge in [0.2, 0.25) is 0 Å². The van der Waals surface area contributed by atoms with E-state index in [9.17, 15) is 0 Å². The third kappa shape index (κ3) is 1.22. The number of hydrogen-bond donors (Lipinski definition) is 0. The van der Waals surface area contributed by atoms with Gasteiger partial charge >= 0.3 is 0 Å². The van der Waals surface area contributed by atoms with E-state index in [1.165, 1.54) is 36.0 Å². The van der Waals surface area contributed by atoms with Crippen molar-refractivity contribution in [2.24, 2.45) is 0 Å². The summed E-state index contributed by atoms with van der Waals surface area (Å²) in [6.45, 7) is 3.57. The molecule has 0 saturated carbocycles. The minimum absolute atomic E-state index is 1.23. The highest BCUT2D eigenvalue weighted by molar-refractivity contribution is 5.51. The Balaban J connectivity index is 2.45. The summed E-state index contributed by atoms with van der Waals surface area (Å²) >= 11 is 0. The molecule has 12 heavy (non-hydrogen) atoms. The zero-order valence-corrected chi connectivity index (χ0v) is 7.14. The predicted octanol–water partition coefficient (Wildman–Crippen LogP) is 2.97. The fourth-order valence-corrected chi connectivity index (χ4v) is 1.80.